The van der Waals surface area contributed by atoms with Gasteiger partial charge in [-0.05, 0) is 12.1 Å². The summed E-state index contributed by atoms with van der Waals surface area (Å²) in [6.45, 7) is -0.0325. The van der Waals surface area contributed by atoms with Crippen molar-refractivity contribution in [2.45, 2.75) is 6.18 Å². The lowest BCUT2D eigenvalue weighted by atomic mass is 10.0. The lowest BCUT2D eigenvalue weighted by Gasteiger charge is -2.12. The van der Waals surface area contributed by atoms with Crippen molar-refractivity contribution in [3.05, 3.63) is 28.8 Å². The Balaban J connectivity index is 3.43. The van der Waals surface area contributed by atoms with E-state index >= 15 is 0 Å². The number of nitrogens with two attached hydrogens (primary N) is 1. The summed E-state index contributed by atoms with van der Waals surface area (Å²) in [4.78, 5) is 11.4. The number of nitrogen functional groups attached to an aromatic ring is 1. The van der Waals surface area contributed by atoms with Crippen LogP contribution in [0.5, 0.6) is 0 Å². The number of rotatable bonds is 2. The second-order valence-electron chi connectivity index (χ2n) is 3.71. The van der Waals surface area contributed by atoms with Crippen LogP contribution in [-0.2, 0) is 15.7 Å². The minimum Gasteiger partial charge on any atom is -0.465 e. The lowest BCUT2D eigenvalue weighted by molar-refractivity contribution is -0.137. The molecule has 2 N–H and O–H groups in total. The molecule has 0 aliphatic heterocycles. The van der Waals surface area contributed by atoms with E-state index in [0.717, 1.165) is 13.2 Å². The van der Waals surface area contributed by atoms with E-state index < -0.39 is 17.7 Å². The maximum absolute atomic E-state index is 12.9. The van der Waals surface area contributed by atoms with Crippen LogP contribution in [0.2, 0.25) is 0 Å². The molecule has 20 heavy (non-hydrogen) atoms. The number of hydrogen-bond donors (Lipinski definition) is 1. The van der Waals surface area contributed by atoms with Crippen LogP contribution in [0.4, 0.5) is 18.9 Å². The maximum Gasteiger partial charge on any atom is 0.417 e. The van der Waals surface area contributed by atoms with Gasteiger partial charge in [-0.25, -0.2) is 4.79 Å². The van der Waals surface area contributed by atoms with Gasteiger partial charge >= 0.3 is 12.1 Å². The fraction of sp³-hybridized carbons (Fsp3) is 0.308. The summed E-state index contributed by atoms with van der Waals surface area (Å²) in [6, 6.07) is 1.63. The van der Waals surface area contributed by atoms with Gasteiger partial charge < -0.3 is 15.2 Å². The van der Waals surface area contributed by atoms with Crippen molar-refractivity contribution in [3.63, 3.8) is 0 Å². The standard InChI is InChI=1S/C13H12F3NO3/c1-19-5-3-4-8-6-9(12(18)20-2)11(17)7-10(8)13(14,15)16/h6-7H,5,17H2,1-2H3. The number of carbonyl (C=O) groups excluding carboxylic acids is 1. The first kappa shape index (κ1) is 15.9. The zero-order valence-corrected chi connectivity index (χ0v) is 10.8. The Morgan fingerprint density at radius 2 is 2.00 bits per heavy atom. The topological polar surface area (TPSA) is 61.5 Å². The van der Waals surface area contributed by atoms with E-state index in [4.69, 9.17) is 5.73 Å². The molecule has 108 valence electrons. The molecule has 0 heterocycles. The largest absolute Gasteiger partial charge is 0.465 e. The van der Waals surface area contributed by atoms with Crippen LogP contribution < -0.4 is 5.73 Å². The first-order valence-corrected chi connectivity index (χ1v) is 5.38. The molecule has 4 nitrogen and oxygen atoms in total. The van der Waals surface area contributed by atoms with Crippen LogP contribution in [0, 0.1) is 11.8 Å². The highest BCUT2D eigenvalue weighted by molar-refractivity contribution is 5.95. The third-order valence-electron chi connectivity index (χ3n) is 2.34. The average Bonchev–Trinajstić information content (AvgIpc) is 2.38. The van der Waals surface area contributed by atoms with Crippen molar-refractivity contribution in [1.29, 1.82) is 0 Å². The highest BCUT2D eigenvalue weighted by atomic mass is 19.4. The summed E-state index contributed by atoms with van der Waals surface area (Å²) in [5.74, 6) is 3.88. The van der Waals surface area contributed by atoms with Gasteiger partial charge in [0.2, 0.25) is 0 Å². The molecule has 0 spiro atoms. The molecule has 0 aliphatic carbocycles. The quantitative estimate of drug-likeness (QED) is 0.514. The minimum absolute atomic E-state index is 0.0325. The number of esters is 1. The summed E-state index contributed by atoms with van der Waals surface area (Å²) < 4.78 is 47.7. The van der Waals surface area contributed by atoms with E-state index in [9.17, 15) is 18.0 Å². The highest BCUT2D eigenvalue weighted by Gasteiger charge is 2.34. The van der Waals surface area contributed by atoms with Crippen LogP contribution in [0.3, 0.4) is 0 Å². The number of benzene rings is 1. The molecule has 0 atom stereocenters. The number of alkyl halides is 3. The van der Waals surface area contributed by atoms with Crippen molar-refractivity contribution >= 4 is 11.7 Å². The Morgan fingerprint density at radius 1 is 1.35 bits per heavy atom. The van der Waals surface area contributed by atoms with Gasteiger partial charge in [-0.15, -0.1) is 0 Å². The lowest BCUT2D eigenvalue weighted by Crippen LogP contribution is -2.13. The number of anilines is 1. The smallest absolute Gasteiger partial charge is 0.417 e. The second kappa shape index (κ2) is 6.30. The molecule has 1 aromatic carbocycles. The summed E-state index contributed by atoms with van der Waals surface area (Å²) in [5, 5.41) is 0. The van der Waals surface area contributed by atoms with E-state index in [1.165, 1.54) is 7.11 Å². The molecular formula is C13H12F3NO3. The van der Waals surface area contributed by atoms with Gasteiger partial charge in [-0.3, -0.25) is 0 Å². The van der Waals surface area contributed by atoms with Crippen molar-refractivity contribution in [1.82, 2.24) is 0 Å². The van der Waals surface area contributed by atoms with E-state index in [1.54, 1.807) is 0 Å². The summed E-state index contributed by atoms with van der Waals surface area (Å²) in [5.41, 5.74) is 3.60. The molecule has 0 saturated carbocycles. The van der Waals surface area contributed by atoms with Gasteiger partial charge in [0.1, 0.15) is 6.61 Å². The molecule has 0 saturated heterocycles. The Hall–Kier alpha value is -2.20. The average molecular weight is 287 g/mol. The Morgan fingerprint density at radius 3 is 2.50 bits per heavy atom. The number of hydrogen-bond acceptors (Lipinski definition) is 4. The van der Waals surface area contributed by atoms with Gasteiger partial charge in [-0.1, -0.05) is 11.8 Å². The summed E-state index contributed by atoms with van der Waals surface area (Å²) in [6.07, 6.45) is -4.63. The maximum atomic E-state index is 12.9. The number of carbonyl (C=O) groups is 1. The van der Waals surface area contributed by atoms with Crippen LogP contribution in [0.15, 0.2) is 12.1 Å². The fourth-order valence-corrected chi connectivity index (χ4v) is 1.44. The molecule has 7 heteroatoms. The van der Waals surface area contributed by atoms with Crippen LogP contribution in [0.1, 0.15) is 21.5 Å². The molecule has 0 bridgehead atoms. The molecule has 0 unspecified atom stereocenters. The highest BCUT2D eigenvalue weighted by Crippen LogP contribution is 2.34. The Kier molecular flexibility index (Phi) is 5.00. The summed E-state index contributed by atoms with van der Waals surface area (Å²) >= 11 is 0. The van der Waals surface area contributed by atoms with Gasteiger partial charge in [-0.2, -0.15) is 13.2 Å². The van der Waals surface area contributed by atoms with E-state index in [-0.39, 0.29) is 23.4 Å². The van der Waals surface area contributed by atoms with Crippen molar-refractivity contribution < 1.29 is 27.4 Å². The van der Waals surface area contributed by atoms with Gasteiger partial charge in [0.25, 0.3) is 0 Å². The number of halogens is 3. The predicted molar refractivity (Wildman–Crippen MR) is 65.9 cm³/mol. The van der Waals surface area contributed by atoms with E-state index in [1.807, 2.05) is 0 Å². The summed E-state index contributed by atoms with van der Waals surface area (Å²) in [7, 11) is 2.47. The normalized spacial score (nSPS) is 10.7. The first-order chi connectivity index (χ1) is 9.31. The van der Waals surface area contributed by atoms with Crippen molar-refractivity contribution in [2.24, 2.45) is 0 Å². The molecular weight excluding hydrogens is 275 g/mol. The van der Waals surface area contributed by atoms with Crippen LogP contribution in [0.25, 0.3) is 0 Å². The van der Waals surface area contributed by atoms with Gasteiger partial charge in [0.05, 0.1) is 18.2 Å². The molecule has 0 amide bonds. The zero-order valence-electron chi connectivity index (χ0n) is 10.8. The predicted octanol–water partition coefficient (Wildman–Crippen LogP) is 2.07. The monoisotopic (exact) mass is 287 g/mol. The molecule has 0 radical (unpaired) electrons. The fourth-order valence-electron chi connectivity index (χ4n) is 1.44. The Bertz CT molecular complexity index is 571. The molecule has 0 aliphatic rings. The molecule has 0 aromatic heterocycles. The molecule has 1 rings (SSSR count). The zero-order chi connectivity index (χ0) is 15.3. The number of methoxy groups -OCH3 is 2. The van der Waals surface area contributed by atoms with E-state index in [2.05, 4.69) is 21.3 Å². The number of ether oxygens (including phenoxy) is 2. The van der Waals surface area contributed by atoms with Crippen LogP contribution in [-0.4, -0.2) is 26.8 Å². The first-order valence-electron chi connectivity index (χ1n) is 5.38. The third kappa shape index (κ3) is 3.65. The minimum atomic E-state index is -4.63. The molecule has 1 aromatic rings. The van der Waals surface area contributed by atoms with Crippen molar-refractivity contribution in [3.8, 4) is 11.8 Å². The second-order valence-corrected chi connectivity index (χ2v) is 3.71. The van der Waals surface area contributed by atoms with Crippen molar-refractivity contribution in [2.75, 3.05) is 26.6 Å². The Labute approximate surface area is 113 Å². The van der Waals surface area contributed by atoms with E-state index in [0.29, 0.717) is 6.07 Å². The third-order valence-corrected chi connectivity index (χ3v) is 2.34. The van der Waals surface area contributed by atoms with Gasteiger partial charge in [0, 0.05) is 18.4 Å². The molecule has 0 fully saturated rings. The van der Waals surface area contributed by atoms with Gasteiger partial charge in [0.15, 0.2) is 0 Å². The van der Waals surface area contributed by atoms with Crippen LogP contribution >= 0.6 is 0 Å². The SMILES string of the molecule is COCC#Cc1cc(C(=O)OC)c(N)cc1C(F)(F)F.